The van der Waals surface area contributed by atoms with Gasteiger partial charge in [-0.2, -0.15) is 4.99 Å². The minimum atomic E-state index is -0.499. The van der Waals surface area contributed by atoms with E-state index in [4.69, 9.17) is 5.73 Å². The standard InChI is InChI=1S/C10H6BrN3O3S/c11-6-2-1-5(3-7(6)14(16)17)4-8-9(15)13-10(12)18-8/h1-4H,(H2,12,13,15)/b8-4-. The monoisotopic (exact) mass is 327 g/mol. The van der Waals surface area contributed by atoms with Gasteiger partial charge in [-0.15, -0.1) is 0 Å². The van der Waals surface area contributed by atoms with Gasteiger partial charge in [-0.25, -0.2) is 0 Å². The van der Waals surface area contributed by atoms with Crippen molar-refractivity contribution in [3.8, 4) is 0 Å². The Labute approximate surface area is 114 Å². The Hall–Kier alpha value is -1.67. The summed E-state index contributed by atoms with van der Waals surface area (Å²) in [5.41, 5.74) is 5.89. The van der Waals surface area contributed by atoms with Gasteiger partial charge < -0.3 is 5.73 Å². The summed E-state index contributed by atoms with van der Waals surface area (Å²) in [6.45, 7) is 0. The first-order valence-electron chi connectivity index (χ1n) is 4.69. The Morgan fingerprint density at radius 3 is 2.78 bits per heavy atom. The van der Waals surface area contributed by atoms with Gasteiger partial charge in [0.25, 0.3) is 11.6 Å². The van der Waals surface area contributed by atoms with Gasteiger partial charge in [0, 0.05) is 6.07 Å². The molecule has 2 N–H and O–H groups in total. The second-order valence-corrected chi connectivity index (χ2v) is 5.25. The summed E-state index contributed by atoms with van der Waals surface area (Å²) in [7, 11) is 0. The molecular formula is C10H6BrN3O3S. The minimum absolute atomic E-state index is 0.0614. The van der Waals surface area contributed by atoms with Crippen LogP contribution in [0.4, 0.5) is 5.69 Å². The molecule has 0 atom stereocenters. The Morgan fingerprint density at radius 1 is 1.50 bits per heavy atom. The quantitative estimate of drug-likeness (QED) is 0.510. The van der Waals surface area contributed by atoms with E-state index in [-0.39, 0.29) is 10.9 Å². The fourth-order valence-electron chi connectivity index (χ4n) is 1.34. The van der Waals surface area contributed by atoms with Gasteiger partial charge in [-0.3, -0.25) is 14.9 Å². The zero-order valence-electron chi connectivity index (χ0n) is 8.79. The molecule has 0 saturated carbocycles. The maximum absolute atomic E-state index is 11.4. The lowest BCUT2D eigenvalue weighted by Crippen LogP contribution is -2.01. The number of thioether (sulfide) groups is 1. The molecule has 1 aromatic carbocycles. The normalized spacial score (nSPS) is 17.1. The van der Waals surface area contributed by atoms with Crippen molar-refractivity contribution in [2.75, 3.05) is 0 Å². The zero-order chi connectivity index (χ0) is 13.3. The number of rotatable bonds is 2. The highest BCUT2D eigenvalue weighted by Gasteiger charge is 2.20. The van der Waals surface area contributed by atoms with E-state index < -0.39 is 10.8 Å². The molecule has 0 aromatic heterocycles. The molecule has 0 spiro atoms. The fourth-order valence-corrected chi connectivity index (χ4v) is 2.41. The van der Waals surface area contributed by atoms with Crippen molar-refractivity contribution in [2.24, 2.45) is 10.7 Å². The second-order valence-electron chi connectivity index (χ2n) is 3.33. The molecule has 1 aliphatic rings. The number of carbonyl (C=O) groups excluding carboxylic acids is 1. The van der Waals surface area contributed by atoms with Crippen LogP contribution in [0, 0.1) is 10.1 Å². The number of carbonyl (C=O) groups is 1. The van der Waals surface area contributed by atoms with Gasteiger partial charge in [0.1, 0.15) is 0 Å². The van der Waals surface area contributed by atoms with Crippen molar-refractivity contribution >= 4 is 50.5 Å². The molecule has 0 aliphatic carbocycles. The first-order chi connectivity index (χ1) is 8.47. The Bertz CT molecular complexity index is 612. The van der Waals surface area contributed by atoms with E-state index >= 15 is 0 Å². The molecule has 0 fully saturated rings. The van der Waals surface area contributed by atoms with Crippen molar-refractivity contribution in [3.63, 3.8) is 0 Å². The topological polar surface area (TPSA) is 98.6 Å². The molecule has 0 radical (unpaired) electrons. The van der Waals surface area contributed by atoms with E-state index in [9.17, 15) is 14.9 Å². The van der Waals surface area contributed by atoms with Crippen LogP contribution in [-0.2, 0) is 4.79 Å². The van der Waals surface area contributed by atoms with E-state index in [0.717, 1.165) is 11.8 Å². The average Bonchev–Trinajstić information content (AvgIpc) is 2.60. The van der Waals surface area contributed by atoms with E-state index in [1.807, 2.05) is 0 Å². The number of amidine groups is 1. The number of aliphatic imine (C=N–C) groups is 1. The lowest BCUT2D eigenvalue weighted by molar-refractivity contribution is -0.385. The number of halogens is 1. The summed E-state index contributed by atoms with van der Waals surface area (Å²) in [5.74, 6) is -0.428. The minimum Gasteiger partial charge on any atom is -0.378 e. The van der Waals surface area contributed by atoms with Crippen molar-refractivity contribution in [2.45, 2.75) is 0 Å². The smallest absolute Gasteiger partial charge is 0.286 e. The molecule has 18 heavy (non-hydrogen) atoms. The predicted molar refractivity (Wildman–Crippen MR) is 73.0 cm³/mol. The number of amides is 1. The van der Waals surface area contributed by atoms with Crippen molar-refractivity contribution in [1.29, 1.82) is 0 Å². The summed E-state index contributed by atoms with van der Waals surface area (Å²) in [6, 6.07) is 4.59. The summed E-state index contributed by atoms with van der Waals surface area (Å²) in [5, 5.41) is 10.9. The molecule has 8 heteroatoms. The number of nitrogens with two attached hydrogens (primary N) is 1. The third kappa shape index (κ3) is 2.59. The molecule has 0 unspecified atom stereocenters. The number of nitrogens with zero attached hydrogens (tertiary/aromatic N) is 2. The van der Waals surface area contributed by atoms with Crippen LogP contribution in [0.3, 0.4) is 0 Å². The molecule has 1 heterocycles. The van der Waals surface area contributed by atoms with Crippen molar-refractivity contribution in [3.05, 3.63) is 43.3 Å². The molecule has 6 nitrogen and oxygen atoms in total. The van der Waals surface area contributed by atoms with E-state index in [2.05, 4.69) is 20.9 Å². The van der Waals surface area contributed by atoms with Crippen LogP contribution in [0.25, 0.3) is 6.08 Å². The third-order valence-corrected chi connectivity index (χ3v) is 3.59. The lowest BCUT2D eigenvalue weighted by atomic mass is 10.2. The first-order valence-corrected chi connectivity index (χ1v) is 6.30. The lowest BCUT2D eigenvalue weighted by Gasteiger charge is -1.98. The molecular weight excluding hydrogens is 322 g/mol. The van der Waals surface area contributed by atoms with Crippen LogP contribution in [0.5, 0.6) is 0 Å². The van der Waals surface area contributed by atoms with Crippen molar-refractivity contribution in [1.82, 2.24) is 0 Å². The molecule has 1 amide bonds. The molecule has 1 aliphatic heterocycles. The highest BCUT2D eigenvalue weighted by Crippen LogP contribution is 2.30. The number of hydrogen-bond acceptors (Lipinski definition) is 5. The maximum Gasteiger partial charge on any atom is 0.286 e. The van der Waals surface area contributed by atoms with Gasteiger partial charge in [0.05, 0.1) is 14.3 Å². The Balaban J connectivity index is 2.37. The van der Waals surface area contributed by atoms with Crippen LogP contribution >= 0.6 is 27.7 Å². The summed E-state index contributed by atoms with van der Waals surface area (Å²) < 4.78 is 0.385. The Kier molecular flexibility index (Phi) is 3.48. The zero-order valence-corrected chi connectivity index (χ0v) is 11.2. The Morgan fingerprint density at radius 2 is 2.22 bits per heavy atom. The van der Waals surface area contributed by atoms with Crippen LogP contribution in [-0.4, -0.2) is 16.0 Å². The average molecular weight is 328 g/mol. The van der Waals surface area contributed by atoms with Gasteiger partial charge in [0.2, 0.25) is 0 Å². The molecule has 1 aromatic rings. The van der Waals surface area contributed by atoms with Gasteiger partial charge in [0.15, 0.2) is 5.17 Å². The van der Waals surface area contributed by atoms with E-state index in [1.165, 1.54) is 12.1 Å². The molecule has 0 bridgehead atoms. The van der Waals surface area contributed by atoms with Crippen LogP contribution in [0.1, 0.15) is 5.56 Å². The predicted octanol–water partition coefficient (Wildman–Crippen LogP) is 2.29. The van der Waals surface area contributed by atoms with Crippen LogP contribution < -0.4 is 5.73 Å². The van der Waals surface area contributed by atoms with Crippen LogP contribution in [0.2, 0.25) is 0 Å². The SMILES string of the molecule is NC1=NC(=O)/C(=C/c2ccc(Br)c([N+](=O)[O-])c2)S1. The summed E-state index contributed by atoms with van der Waals surface area (Å²) in [6.07, 6.45) is 1.52. The number of nitro benzene ring substituents is 1. The van der Waals surface area contributed by atoms with Gasteiger partial charge in [-0.05, 0) is 45.4 Å². The van der Waals surface area contributed by atoms with Gasteiger partial charge in [-0.1, -0.05) is 6.07 Å². The molecule has 0 saturated heterocycles. The third-order valence-electron chi connectivity index (χ3n) is 2.10. The largest absolute Gasteiger partial charge is 0.378 e. The molecule has 2 rings (SSSR count). The maximum atomic E-state index is 11.4. The highest BCUT2D eigenvalue weighted by molar-refractivity contribution is 9.10. The van der Waals surface area contributed by atoms with E-state index in [0.29, 0.717) is 14.9 Å². The molecule has 92 valence electrons. The van der Waals surface area contributed by atoms with Crippen LogP contribution in [0.15, 0.2) is 32.6 Å². The summed E-state index contributed by atoms with van der Waals surface area (Å²) >= 11 is 4.13. The highest BCUT2D eigenvalue weighted by atomic mass is 79.9. The second kappa shape index (κ2) is 4.91. The number of hydrogen-bond donors (Lipinski definition) is 1. The number of nitro groups is 1. The first kappa shape index (κ1) is 12.8. The van der Waals surface area contributed by atoms with E-state index in [1.54, 1.807) is 12.1 Å². The number of benzene rings is 1. The van der Waals surface area contributed by atoms with Crippen molar-refractivity contribution < 1.29 is 9.72 Å². The summed E-state index contributed by atoms with van der Waals surface area (Å²) in [4.78, 5) is 25.5. The van der Waals surface area contributed by atoms with Gasteiger partial charge >= 0.3 is 0 Å². The fraction of sp³-hybridized carbons (Fsp3) is 0.